The van der Waals surface area contributed by atoms with Crippen molar-refractivity contribution in [3.63, 3.8) is 0 Å². The van der Waals surface area contributed by atoms with Gasteiger partial charge in [-0.05, 0) is 12.8 Å². The van der Waals surface area contributed by atoms with Crippen molar-refractivity contribution < 1.29 is 28.5 Å². The first-order chi connectivity index (χ1) is 5.38. The number of hydrogen-bond acceptors (Lipinski definition) is 0. The zero-order chi connectivity index (χ0) is 8.10. The van der Waals surface area contributed by atoms with E-state index in [1.54, 1.807) is 0 Å². The van der Waals surface area contributed by atoms with Gasteiger partial charge >= 0.3 is 0 Å². The van der Waals surface area contributed by atoms with Gasteiger partial charge in [-0.25, -0.2) is 4.57 Å². The minimum atomic E-state index is 0. The van der Waals surface area contributed by atoms with Crippen molar-refractivity contribution >= 4 is 0 Å². The fourth-order valence-corrected chi connectivity index (χ4v) is 1.43. The molecule has 1 rings (SSSR count). The van der Waals surface area contributed by atoms with Gasteiger partial charge in [0.05, 0.1) is 0 Å². The number of nitrogens with zero attached hydrogens (tertiary/aromatic N) is 1. The number of aromatic amines is 1. The van der Waals surface area contributed by atoms with Gasteiger partial charge in [0.2, 0.25) is 6.33 Å². The maximum absolute atomic E-state index is 3.07. The number of rotatable bonds is 4. The Morgan fingerprint density at radius 2 is 2.17 bits per heavy atom. The summed E-state index contributed by atoms with van der Waals surface area (Å²) in [5, 5.41) is 0. The molecule has 3 heteroatoms. The normalized spacial score (nSPS) is 12.2. The van der Waals surface area contributed by atoms with Gasteiger partial charge in [-0.2, -0.15) is 0 Å². The number of imidazole rings is 1. The fourth-order valence-electron chi connectivity index (χ4n) is 1.43. The lowest BCUT2D eigenvalue weighted by atomic mass is 10.1. The monoisotopic (exact) mass is 280 g/mol. The van der Waals surface area contributed by atoms with Crippen molar-refractivity contribution in [1.29, 1.82) is 0 Å². The maximum Gasteiger partial charge on any atom is 0.241 e. The minimum Gasteiger partial charge on any atom is -1.00 e. The van der Waals surface area contributed by atoms with E-state index in [4.69, 9.17) is 0 Å². The van der Waals surface area contributed by atoms with Gasteiger partial charge < -0.3 is 24.0 Å². The molecule has 1 aromatic rings. The standard InChI is InChI=1S/C9H16N2.HI/c1-3-5-9(4-2)11-7-6-10-8-11;/h6-9H,3-5H2,1-2H3;1H. The first-order valence-electron chi connectivity index (χ1n) is 4.42. The summed E-state index contributed by atoms with van der Waals surface area (Å²) < 4.78 is 2.25. The van der Waals surface area contributed by atoms with Crippen LogP contribution in [0.4, 0.5) is 0 Å². The number of H-pyrrole nitrogens is 1. The zero-order valence-electron chi connectivity index (χ0n) is 7.76. The molecule has 1 N–H and O–H groups in total. The molecular weight excluding hydrogens is 263 g/mol. The van der Waals surface area contributed by atoms with Gasteiger partial charge in [0.15, 0.2) is 0 Å². The average molecular weight is 280 g/mol. The van der Waals surface area contributed by atoms with Crippen LogP contribution in [0.15, 0.2) is 18.7 Å². The van der Waals surface area contributed by atoms with Crippen LogP contribution in [0.5, 0.6) is 0 Å². The van der Waals surface area contributed by atoms with Crippen LogP contribution < -0.4 is 28.5 Å². The highest BCUT2D eigenvalue weighted by molar-refractivity contribution is 4.59. The van der Waals surface area contributed by atoms with Crippen LogP contribution in [0, 0.1) is 0 Å². The van der Waals surface area contributed by atoms with E-state index in [0.29, 0.717) is 6.04 Å². The second kappa shape index (κ2) is 6.46. The fraction of sp³-hybridized carbons (Fsp3) is 0.667. The molecule has 0 aliphatic rings. The van der Waals surface area contributed by atoms with Gasteiger partial charge in [-0.3, -0.25) is 4.98 Å². The van der Waals surface area contributed by atoms with Crippen LogP contribution in [-0.2, 0) is 0 Å². The van der Waals surface area contributed by atoms with Crippen LogP contribution in [0.2, 0.25) is 0 Å². The van der Waals surface area contributed by atoms with Crippen molar-refractivity contribution in [2.75, 3.05) is 0 Å². The highest BCUT2D eigenvalue weighted by Gasteiger charge is 2.10. The Bertz CT molecular complexity index is 184. The number of nitrogens with one attached hydrogen (secondary N) is 1. The first kappa shape index (κ1) is 11.9. The molecule has 1 aromatic heterocycles. The molecule has 0 aliphatic heterocycles. The molecule has 0 radical (unpaired) electrons. The van der Waals surface area contributed by atoms with Gasteiger partial charge in [-0.15, -0.1) is 0 Å². The van der Waals surface area contributed by atoms with Crippen LogP contribution in [0.25, 0.3) is 0 Å². The Hall–Kier alpha value is -0.0600. The summed E-state index contributed by atoms with van der Waals surface area (Å²) in [6.45, 7) is 4.47. The Morgan fingerprint density at radius 1 is 1.42 bits per heavy atom. The highest BCUT2D eigenvalue weighted by Crippen LogP contribution is 2.08. The zero-order valence-corrected chi connectivity index (χ0v) is 9.91. The Kier molecular flexibility index (Phi) is 6.42. The van der Waals surface area contributed by atoms with Gasteiger partial charge in [0, 0.05) is 0 Å². The molecule has 0 bridgehead atoms. The van der Waals surface area contributed by atoms with Gasteiger partial charge in [0.25, 0.3) is 0 Å². The molecule has 0 spiro atoms. The molecule has 0 aromatic carbocycles. The topological polar surface area (TPSA) is 19.7 Å². The third-order valence-electron chi connectivity index (χ3n) is 2.08. The van der Waals surface area contributed by atoms with Crippen LogP contribution in [-0.4, -0.2) is 4.98 Å². The molecule has 0 saturated carbocycles. The molecule has 2 nitrogen and oxygen atoms in total. The first-order valence-corrected chi connectivity index (χ1v) is 4.42. The quantitative estimate of drug-likeness (QED) is 0.542. The Labute approximate surface area is 91.4 Å². The summed E-state index contributed by atoms with van der Waals surface area (Å²) >= 11 is 0. The maximum atomic E-state index is 3.07. The van der Waals surface area contributed by atoms with E-state index in [9.17, 15) is 0 Å². The van der Waals surface area contributed by atoms with Crippen LogP contribution in [0.1, 0.15) is 39.2 Å². The molecule has 0 aliphatic carbocycles. The minimum absolute atomic E-state index is 0. The average Bonchev–Trinajstić information content (AvgIpc) is 2.52. The SMILES string of the molecule is CCCC(CC)[n+]1cc[nH]c1.[I-]. The lowest BCUT2D eigenvalue weighted by Gasteiger charge is -2.08. The number of aromatic nitrogens is 2. The van der Waals surface area contributed by atoms with E-state index >= 15 is 0 Å². The van der Waals surface area contributed by atoms with Crippen molar-refractivity contribution in [2.24, 2.45) is 0 Å². The predicted molar refractivity (Wildman–Crippen MR) is 45.2 cm³/mol. The third kappa shape index (κ3) is 3.13. The third-order valence-corrected chi connectivity index (χ3v) is 2.08. The van der Waals surface area contributed by atoms with E-state index in [1.165, 1.54) is 19.3 Å². The lowest BCUT2D eigenvalue weighted by Crippen LogP contribution is -3.00. The summed E-state index contributed by atoms with van der Waals surface area (Å²) in [4.78, 5) is 3.07. The largest absolute Gasteiger partial charge is 1.00 e. The predicted octanol–water partition coefficient (Wildman–Crippen LogP) is -0.943. The molecular formula is C9H17IN2. The number of hydrogen-bond donors (Lipinski definition) is 1. The molecule has 1 heterocycles. The molecule has 1 atom stereocenters. The van der Waals surface area contributed by atoms with Crippen molar-refractivity contribution in [3.05, 3.63) is 18.7 Å². The summed E-state index contributed by atoms with van der Waals surface area (Å²) in [5.74, 6) is 0. The lowest BCUT2D eigenvalue weighted by molar-refractivity contribution is -0.722. The summed E-state index contributed by atoms with van der Waals surface area (Å²) in [5.41, 5.74) is 0. The van der Waals surface area contributed by atoms with E-state index in [0.717, 1.165) is 0 Å². The molecule has 0 saturated heterocycles. The van der Waals surface area contributed by atoms with Crippen molar-refractivity contribution in [2.45, 2.75) is 39.2 Å². The van der Waals surface area contributed by atoms with Crippen molar-refractivity contribution in [3.8, 4) is 0 Å². The van der Waals surface area contributed by atoms with E-state index in [-0.39, 0.29) is 24.0 Å². The summed E-state index contributed by atoms with van der Waals surface area (Å²) in [6, 6.07) is 0.686. The molecule has 1 unspecified atom stereocenters. The molecule has 12 heavy (non-hydrogen) atoms. The molecule has 0 fully saturated rings. The molecule has 70 valence electrons. The summed E-state index contributed by atoms with van der Waals surface area (Å²) in [6.07, 6.45) is 9.86. The van der Waals surface area contributed by atoms with Crippen molar-refractivity contribution in [1.82, 2.24) is 4.98 Å². The summed E-state index contributed by atoms with van der Waals surface area (Å²) in [7, 11) is 0. The second-order valence-electron chi connectivity index (χ2n) is 2.91. The Balaban J connectivity index is 0.00000121. The Morgan fingerprint density at radius 3 is 2.58 bits per heavy atom. The smallest absolute Gasteiger partial charge is 0.241 e. The molecule has 0 amide bonds. The van der Waals surface area contributed by atoms with Gasteiger partial charge in [-0.1, -0.05) is 20.3 Å². The van der Waals surface area contributed by atoms with E-state index in [1.807, 2.05) is 12.5 Å². The highest BCUT2D eigenvalue weighted by atomic mass is 127. The van der Waals surface area contributed by atoms with Crippen LogP contribution in [0.3, 0.4) is 0 Å². The second-order valence-corrected chi connectivity index (χ2v) is 2.91. The van der Waals surface area contributed by atoms with E-state index < -0.39 is 0 Å². The van der Waals surface area contributed by atoms with Gasteiger partial charge in [0.1, 0.15) is 18.4 Å². The van der Waals surface area contributed by atoms with E-state index in [2.05, 4.69) is 29.6 Å². The van der Waals surface area contributed by atoms with Crippen LogP contribution >= 0.6 is 0 Å². The number of halogens is 1.